The molecule has 0 N–H and O–H groups in total. The number of furan rings is 1. The van der Waals surface area contributed by atoms with E-state index in [-0.39, 0.29) is 10.9 Å². The standard InChI is InChI=1S/C23H31N3O5S2/c1-5-8-13-31-22(27)17(4)32-23-24-20-15-19(33(28,29)25(6-2)7-3)11-12-21(20)26(23)16-18-10-9-14-30-18/h9-12,14-15,17H,5-8,13,16H2,1-4H3/t17-/m0/s1. The Hall–Kier alpha value is -2.30. The molecule has 10 heteroatoms. The van der Waals surface area contributed by atoms with Gasteiger partial charge >= 0.3 is 5.97 Å². The predicted molar refractivity (Wildman–Crippen MR) is 129 cm³/mol. The predicted octanol–water partition coefficient (Wildman–Crippen LogP) is 4.53. The molecule has 0 fully saturated rings. The third kappa shape index (κ3) is 5.80. The summed E-state index contributed by atoms with van der Waals surface area (Å²) in [6.45, 7) is 9.04. The van der Waals surface area contributed by atoms with Crippen LogP contribution in [0.2, 0.25) is 0 Å². The molecule has 3 aromatic rings. The zero-order chi connectivity index (χ0) is 24.0. The number of thioether (sulfide) groups is 1. The summed E-state index contributed by atoms with van der Waals surface area (Å²) in [5, 5.41) is 0.131. The molecule has 0 saturated heterocycles. The van der Waals surface area contributed by atoms with E-state index in [0.29, 0.717) is 36.9 Å². The molecule has 0 unspecified atom stereocenters. The fourth-order valence-electron chi connectivity index (χ4n) is 3.40. The molecule has 0 aliphatic rings. The van der Waals surface area contributed by atoms with Crippen LogP contribution in [0.15, 0.2) is 51.1 Å². The molecule has 2 aromatic heterocycles. The number of hydrogen-bond acceptors (Lipinski definition) is 7. The van der Waals surface area contributed by atoms with Crippen molar-refractivity contribution in [3.05, 3.63) is 42.4 Å². The molecule has 33 heavy (non-hydrogen) atoms. The minimum Gasteiger partial charge on any atom is -0.467 e. The number of hydrogen-bond donors (Lipinski definition) is 0. The number of unbranched alkanes of at least 4 members (excludes halogenated alkanes) is 1. The lowest BCUT2D eigenvalue weighted by Crippen LogP contribution is -2.30. The quantitative estimate of drug-likeness (QED) is 0.208. The normalized spacial score (nSPS) is 13.0. The van der Waals surface area contributed by atoms with Crippen LogP contribution < -0.4 is 0 Å². The lowest BCUT2D eigenvalue weighted by atomic mass is 10.3. The Kier molecular flexibility index (Phi) is 8.61. The smallest absolute Gasteiger partial charge is 0.319 e. The van der Waals surface area contributed by atoms with Crippen LogP contribution in [-0.4, -0.2) is 53.2 Å². The zero-order valence-corrected chi connectivity index (χ0v) is 21.1. The highest BCUT2D eigenvalue weighted by molar-refractivity contribution is 8.00. The summed E-state index contributed by atoms with van der Waals surface area (Å²) in [7, 11) is -3.61. The van der Waals surface area contributed by atoms with E-state index in [1.165, 1.54) is 16.1 Å². The molecule has 0 spiro atoms. The van der Waals surface area contributed by atoms with Gasteiger partial charge in [0.15, 0.2) is 5.16 Å². The Morgan fingerprint density at radius 1 is 1.24 bits per heavy atom. The van der Waals surface area contributed by atoms with Gasteiger partial charge in [-0.1, -0.05) is 39.0 Å². The highest BCUT2D eigenvalue weighted by atomic mass is 32.2. The van der Waals surface area contributed by atoms with E-state index in [2.05, 4.69) is 0 Å². The third-order valence-electron chi connectivity index (χ3n) is 5.28. The number of imidazole rings is 1. The van der Waals surface area contributed by atoms with Crippen LogP contribution in [0.25, 0.3) is 11.0 Å². The summed E-state index contributed by atoms with van der Waals surface area (Å²) in [6.07, 6.45) is 3.38. The largest absolute Gasteiger partial charge is 0.467 e. The number of sulfonamides is 1. The number of ether oxygens (including phenoxy) is 1. The molecular formula is C23H31N3O5S2. The summed E-state index contributed by atoms with van der Waals surface area (Å²) in [5.74, 6) is 0.434. The van der Waals surface area contributed by atoms with Crippen molar-refractivity contribution >= 4 is 38.8 Å². The number of carbonyl (C=O) groups is 1. The summed E-state index contributed by atoms with van der Waals surface area (Å²) < 4.78 is 40.2. The number of fused-ring (bicyclic) bond motifs is 1. The second kappa shape index (κ2) is 11.2. The Balaban J connectivity index is 1.98. The Morgan fingerprint density at radius 3 is 2.64 bits per heavy atom. The van der Waals surface area contributed by atoms with Crippen LogP contribution in [0.4, 0.5) is 0 Å². The van der Waals surface area contributed by atoms with Crippen molar-refractivity contribution in [1.82, 2.24) is 13.9 Å². The van der Waals surface area contributed by atoms with Gasteiger partial charge in [0.1, 0.15) is 11.0 Å². The van der Waals surface area contributed by atoms with Gasteiger partial charge in [0.25, 0.3) is 0 Å². The van der Waals surface area contributed by atoms with Gasteiger partial charge < -0.3 is 13.7 Å². The topological polar surface area (TPSA) is 94.6 Å². The van der Waals surface area contributed by atoms with Crippen molar-refractivity contribution in [2.24, 2.45) is 0 Å². The van der Waals surface area contributed by atoms with Crippen molar-refractivity contribution in [1.29, 1.82) is 0 Å². The molecule has 3 rings (SSSR count). The van der Waals surface area contributed by atoms with E-state index in [9.17, 15) is 13.2 Å². The summed E-state index contributed by atoms with van der Waals surface area (Å²) in [5.41, 5.74) is 1.31. The van der Waals surface area contributed by atoms with Crippen LogP contribution in [0.3, 0.4) is 0 Å². The number of benzene rings is 1. The molecular weight excluding hydrogens is 462 g/mol. The first-order valence-corrected chi connectivity index (χ1v) is 13.5. The first-order chi connectivity index (χ1) is 15.8. The number of esters is 1. The molecule has 0 aliphatic carbocycles. The van der Waals surface area contributed by atoms with Crippen LogP contribution >= 0.6 is 11.8 Å². The summed E-state index contributed by atoms with van der Waals surface area (Å²) in [4.78, 5) is 17.3. The van der Waals surface area contributed by atoms with Gasteiger partial charge in [-0.2, -0.15) is 4.31 Å². The highest BCUT2D eigenvalue weighted by Crippen LogP contribution is 2.30. The van der Waals surface area contributed by atoms with Gasteiger partial charge in [-0.3, -0.25) is 4.79 Å². The maximum Gasteiger partial charge on any atom is 0.319 e. The van der Waals surface area contributed by atoms with Crippen molar-refractivity contribution in [2.75, 3.05) is 19.7 Å². The van der Waals surface area contributed by atoms with E-state index in [1.807, 2.05) is 37.5 Å². The number of rotatable bonds is 12. The van der Waals surface area contributed by atoms with Gasteiger partial charge in [0, 0.05) is 13.1 Å². The van der Waals surface area contributed by atoms with E-state index in [1.54, 1.807) is 31.4 Å². The van der Waals surface area contributed by atoms with Gasteiger partial charge in [-0.05, 0) is 43.7 Å². The molecule has 1 aromatic carbocycles. The van der Waals surface area contributed by atoms with Crippen molar-refractivity contribution in [3.63, 3.8) is 0 Å². The van der Waals surface area contributed by atoms with E-state index in [0.717, 1.165) is 24.1 Å². The first kappa shape index (κ1) is 25.3. The third-order valence-corrected chi connectivity index (χ3v) is 8.39. The SMILES string of the molecule is CCCCOC(=O)[C@H](C)Sc1nc2cc(S(=O)(=O)N(CC)CC)ccc2n1Cc1ccco1. The second-order valence-corrected chi connectivity index (χ2v) is 10.8. The van der Waals surface area contributed by atoms with Gasteiger partial charge in [0.05, 0.1) is 35.3 Å². The fourth-order valence-corrected chi connectivity index (χ4v) is 5.80. The lowest BCUT2D eigenvalue weighted by Gasteiger charge is -2.18. The average molecular weight is 494 g/mol. The summed E-state index contributed by atoms with van der Waals surface area (Å²) >= 11 is 1.29. The highest BCUT2D eigenvalue weighted by Gasteiger charge is 2.25. The van der Waals surface area contributed by atoms with Crippen molar-refractivity contribution in [2.45, 2.75) is 62.4 Å². The van der Waals surface area contributed by atoms with Gasteiger partial charge in [0.2, 0.25) is 10.0 Å². The monoisotopic (exact) mass is 493 g/mol. The maximum absolute atomic E-state index is 13.0. The Bertz CT molecular complexity index is 1170. The van der Waals surface area contributed by atoms with Crippen LogP contribution in [-0.2, 0) is 26.1 Å². The number of carbonyl (C=O) groups excluding carboxylic acids is 1. The second-order valence-electron chi connectivity index (χ2n) is 7.58. The van der Waals surface area contributed by atoms with Crippen LogP contribution in [0.5, 0.6) is 0 Å². The average Bonchev–Trinajstić information content (AvgIpc) is 3.42. The lowest BCUT2D eigenvalue weighted by molar-refractivity contribution is -0.142. The number of aromatic nitrogens is 2. The van der Waals surface area contributed by atoms with Crippen LogP contribution in [0, 0.1) is 0 Å². The molecule has 0 amide bonds. The van der Waals surface area contributed by atoms with E-state index >= 15 is 0 Å². The molecule has 2 heterocycles. The minimum absolute atomic E-state index is 0.199. The summed E-state index contributed by atoms with van der Waals surface area (Å²) in [6, 6.07) is 8.63. The van der Waals surface area contributed by atoms with Gasteiger partial charge in [-0.15, -0.1) is 0 Å². The molecule has 0 bridgehead atoms. The number of nitrogens with zero attached hydrogens (tertiary/aromatic N) is 3. The van der Waals surface area contributed by atoms with E-state index < -0.39 is 15.3 Å². The Morgan fingerprint density at radius 2 is 2.00 bits per heavy atom. The molecule has 0 saturated carbocycles. The molecule has 0 aliphatic heterocycles. The maximum atomic E-state index is 13.0. The van der Waals surface area contributed by atoms with Crippen molar-refractivity contribution < 1.29 is 22.4 Å². The van der Waals surface area contributed by atoms with Crippen molar-refractivity contribution in [3.8, 4) is 0 Å². The molecule has 8 nitrogen and oxygen atoms in total. The minimum atomic E-state index is -3.61. The van der Waals surface area contributed by atoms with E-state index in [4.69, 9.17) is 14.1 Å². The van der Waals surface area contributed by atoms with Gasteiger partial charge in [-0.25, -0.2) is 13.4 Å². The molecule has 180 valence electrons. The first-order valence-electron chi connectivity index (χ1n) is 11.2. The molecule has 0 radical (unpaired) electrons. The van der Waals surface area contributed by atoms with Crippen LogP contribution in [0.1, 0.15) is 46.3 Å². The zero-order valence-electron chi connectivity index (χ0n) is 19.5. The Labute approximate surface area is 199 Å². The molecule has 1 atom stereocenters. The fraction of sp³-hybridized carbons (Fsp3) is 0.478.